The quantitative estimate of drug-likeness (QED) is 0.310. The van der Waals surface area contributed by atoms with Crippen molar-refractivity contribution >= 4 is 16.5 Å². The van der Waals surface area contributed by atoms with Crippen LogP contribution in [-0.4, -0.2) is 49.9 Å². The highest BCUT2D eigenvalue weighted by Crippen LogP contribution is 2.45. The van der Waals surface area contributed by atoms with Crippen molar-refractivity contribution in [3.63, 3.8) is 0 Å². The first-order valence-electron chi connectivity index (χ1n) is 13.1. The van der Waals surface area contributed by atoms with Gasteiger partial charge in [-0.25, -0.2) is 0 Å². The van der Waals surface area contributed by atoms with Crippen molar-refractivity contribution < 1.29 is 9.47 Å². The molecule has 2 heterocycles. The SMILES string of the molecule is COc1ccc(Cn2cc3cccc(N4CCN(C(c5ccccc5)C5CC5)CC4)c3c2)cc1OC. The Balaban J connectivity index is 1.19. The van der Waals surface area contributed by atoms with Crippen molar-refractivity contribution in [2.75, 3.05) is 45.3 Å². The summed E-state index contributed by atoms with van der Waals surface area (Å²) in [5, 5.41) is 2.61. The molecule has 1 unspecified atom stereocenters. The van der Waals surface area contributed by atoms with Crippen LogP contribution in [0.4, 0.5) is 5.69 Å². The fraction of sp³-hybridized carbons (Fsp3) is 0.355. The van der Waals surface area contributed by atoms with E-state index in [0.717, 1.165) is 50.1 Å². The minimum atomic E-state index is 0.576. The van der Waals surface area contributed by atoms with E-state index in [1.165, 1.54) is 40.4 Å². The summed E-state index contributed by atoms with van der Waals surface area (Å²) in [6.07, 6.45) is 7.29. The predicted octanol–water partition coefficient (Wildman–Crippen LogP) is 5.98. The molecule has 4 aromatic rings. The molecule has 36 heavy (non-hydrogen) atoms. The molecule has 2 aliphatic rings. The lowest BCUT2D eigenvalue weighted by Crippen LogP contribution is -2.48. The van der Waals surface area contributed by atoms with Gasteiger partial charge < -0.3 is 18.9 Å². The molecule has 3 aromatic carbocycles. The van der Waals surface area contributed by atoms with Gasteiger partial charge in [-0.1, -0.05) is 48.5 Å². The Morgan fingerprint density at radius 1 is 0.806 bits per heavy atom. The number of piperazine rings is 1. The molecule has 0 N–H and O–H groups in total. The van der Waals surface area contributed by atoms with Crippen molar-refractivity contribution in [2.24, 2.45) is 5.92 Å². The minimum absolute atomic E-state index is 0.576. The summed E-state index contributed by atoms with van der Waals surface area (Å²) < 4.78 is 13.2. The van der Waals surface area contributed by atoms with E-state index in [2.05, 4.69) is 87.4 Å². The normalized spacial score (nSPS) is 17.3. The van der Waals surface area contributed by atoms with Gasteiger partial charge in [-0.3, -0.25) is 4.90 Å². The van der Waals surface area contributed by atoms with E-state index >= 15 is 0 Å². The third kappa shape index (κ3) is 4.56. The molecule has 186 valence electrons. The molecule has 0 bridgehead atoms. The predicted molar refractivity (Wildman–Crippen MR) is 146 cm³/mol. The van der Waals surface area contributed by atoms with E-state index in [1.807, 2.05) is 6.07 Å². The van der Waals surface area contributed by atoms with Gasteiger partial charge in [0.15, 0.2) is 11.5 Å². The molecule has 5 nitrogen and oxygen atoms in total. The topological polar surface area (TPSA) is 29.9 Å². The van der Waals surface area contributed by atoms with Crippen LogP contribution in [0.25, 0.3) is 10.8 Å². The van der Waals surface area contributed by atoms with Crippen LogP contribution in [-0.2, 0) is 6.54 Å². The molecule has 1 aliphatic heterocycles. The molecule has 5 heteroatoms. The van der Waals surface area contributed by atoms with Crippen LogP contribution in [0, 0.1) is 5.92 Å². The number of fused-ring (bicyclic) bond motifs is 1. The number of methoxy groups -OCH3 is 2. The van der Waals surface area contributed by atoms with Gasteiger partial charge in [0.25, 0.3) is 0 Å². The Labute approximate surface area is 213 Å². The van der Waals surface area contributed by atoms with Crippen molar-refractivity contribution in [3.8, 4) is 11.5 Å². The summed E-state index contributed by atoms with van der Waals surface area (Å²) in [6.45, 7) is 5.14. The van der Waals surface area contributed by atoms with Gasteiger partial charge in [-0.2, -0.15) is 0 Å². The van der Waals surface area contributed by atoms with Crippen molar-refractivity contribution in [3.05, 3.63) is 90.3 Å². The summed E-state index contributed by atoms with van der Waals surface area (Å²) in [5.74, 6) is 2.36. The van der Waals surface area contributed by atoms with E-state index in [-0.39, 0.29) is 0 Å². The molecular formula is C31H35N3O2. The Morgan fingerprint density at radius 2 is 1.58 bits per heavy atom. The van der Waals surface area contributed by atoms with E-state index in [0.29, 0.717) is 6.04 Å². The van der Waals surface area contributed by atoms with Crippen molar-refractivity contribution in [1.82, 2.24) is 9.47 Å². The maximum Gasteiger partial charge on any atom is 0.161 e. The molecule has 0 spiro atoms. The number of hydrogen-bond acceptors (Lipinski definition) is 4. The highest BCUT2D eigenvalue weighted by Gasteiger charge is 2.37. The van der Waals surface area contributed by atoms with Crippen LogP contribution in [0.5, 0.6) is 11.5 Å². The summed E-state index contributed by atoms with van der Waals surface area (Å²) in [7, 11) is 3.36. The van der Waals surface area contributed by atoms with E-state index in [4.69, 9.17) is 9.47 Å². The molecule has 0 amide bonds. The van der Waals surface area contributed by atoms with Crippen LogP contribution >= 0.6 is 0 Å². The lowest BCUT2D eigenvalue weighted by molar-refractivity contribution is 0.167. The zero-order chi connectivity index (χ0) is 24.5. The first kappa shape index (κ1) is 23.0. The number of aromatic nitrogens is 1. The Bertz CT molecular complexity index is 1320. The van der Waals surface area contributed by atoms with Gasteiger partial charge in [-0.05, 0) is 48.1 Å². The Hall–Kier alpha value is -3.44. The Kier molecular flexibility index (Phi) is 6.32. The molecular weight excluding hydrogens is 446 g/mol. The average Bonchev–Trinajstić information content (AvgIpc) is 3.67. The second kappa shape index (κ2) is 9.90. The summed E-state index contributed by atoms with van der Waals surface area (Å²) >= 11 is 0. The van der Waals surface area contributed by atoms with Crippen LogP contribution < -0.4 is 14.4 Å². The molecule has 1 aliphatic carbocycles. The third-order valence-electron chi connectivity index (χ3n) is 7.79. The first-order chi connectivity index (χ1) is 17.7. The van der Waals surface area contributed by atoms with Gasteiger partial charge >= 0.3 is 0 Å². The monoisotopic (exact) mass is 481 g/mol. The van der Waals surface area contributed by atoms with Gasteiger partial charge in [0.2, 0.25) is 0 Å². The maximum absolute atomic E-state index is 5.50. The summed E-state index contributed by atoms with van der Waals surface area (Å²) in [4.78, 5) is 5.31. The standard InChI is InChI=1S/C31H35N3O2/c1-35-29-14-11-23(19-30(29)36-2)20-32-21-26-9-6-10-28(27(26)22-32)33-15-17-34(18-16-33)31(25-12-13-25)24-7-4-3-5-8-24/h3-11,14,19,21-22,25,31H,12-13,15-18,20H2,1-2H3. The second-order valence-electron chi connectivity index (χ2n) is 10.1. The largest absolute Gasteiger partial charge is 0.493 e. The second-order valence-corrected chi connectivity index (χ2v) is 10.1. The molecule has 6 rings (SSSR count). The van der Waals surface area contributed by atoms with Crippen LogP contribution in [0.2, 0.25) is 0 Å². The number of benzene rings is 3. The van der Waals surface area contributed by atoms with Crippen molar-refractivity contribution in [1.29, 1.82) is 0 Å². The number of rotatable bonds is 8. The molecule has 0 radical (unpaired) electrons. The fourth-order valence-corrected chi connectivity index (χ4v) is 5.85. The first-order valence-corrected chi connectivity index (χ1v) is 13.1. The smallest absolute Gasteiger partial charge is 0.161 e. The number of anilines is 1. The maximum atomic E-state index is 5.50. The van der Waals surface area contributed by atoms with E-state index in [9.17, 15) is 0 Å². The van der Waals surface area contributed by atoms with Gasteiger partial charge in [-0.15, -0.1) is 0 Å². The summed E-state index contributed by atoms with van der Waals surface area (Å²) in [6, 6.07) is 24.6. The van der Waals surface area contributed by atoms with Crippen molar-refractivity contribution in [2.45, 2.75) is 25.4 Å². The third-order valence-corrected chi connectivity index (χ3v) is 7.79. The molecule has 1 atom stereocenters. The van der Waals surface area contributed by atoms with Gasteiger partial charge in [0.1, 0.15) is 0 Å². The van der Waals surface area contributed by atoms with Crippen LogP contribution in [0.3, 0.4) is 0 Å². The fourth-order valence-electron chi connectivity index (χ4n) is 5.85. The van der Waals surface area contributed by atoms with Crippen LogP contribution in [0.15, 0.2) is 79.1 Å². The highest BCUT2D eigenvalue weighted by molar-refractivity contribution is 5.94. The zero-order valence-corrected chi connectivity index (χ0v) is 21.3. The number of nitrogens with zero attached hydrogens (tertiary/aromatic N) is 3. The molecule has 2 fully saturated rings. The Morgan fingerprint density at radius 3 is 2.31 bits per heavy atom. The van der Waals surface area contributed by atoms with E-state index < -0.39 is 0 Å². The molecule has 1 saturated heterocycles. The van der Waals surface area contributed by atoms with Gasteiger partial charge in [0, 0.05) is 67.6 Å². The molecule has 1 aromatic heterocycles. The minimum Gasteiger partial charge on any atom is -0.493 e. The lowest BCUT2D eigenvalue weighted by Gasteiger charge is -2.41. The average molecular weight is 482 g/mol. The van der Waals surface area contributed by atoms with Gasteiger partial charge in [0.05, 0.1) is 14.2 Å². The zero-order valence-electron chi connectivity index (χ0n) is 21.3. The molecule has 1 saturated carbocycles. The highest BCUT2D eigenvalue weighted by atomic mass is 16.5. The number of ether oxygens (including phenoxy) is 2. The van der Waals surface area contributed by atoms with E-state index in [1.54, 1.807) is 14.2 Å². The lowest BCUT2D eigenvalue weighted by atomic mass is 9.99. The van der Waals surface area contributed by atoms with Crippen LogP contribution in [0.1, 0.15) is 30.0 Å². The summed E-state index contributed by atoms with van der Waals surface area (Å²) in [5.41, 5.74) is 4.03. The number of hydrogen-bond donors (Lipinski definition) is 0.